The molecule has 0 atom stereocenters. The van der Waals surface area contributed by atoms with Gasteiger partial charge in [0.2, 0.25) is 5.91 Å². The smallest absolute Gasteiger partial charge is 0.272 e. The van der Waals surface area contributed by atoms with Gasteiger partial charge in [0.25, 0.3) is 5.56 Å². The summed E-state index contributed by atoms with van der Waals surface area (Å²) in [7, 11) is 0. The second-order valence-corrected chi connectivity index (χ2v) is 7.40. The molecule has 2 heterocycles. The molecule has 0 aliphatic heterocycles. The van der Waals surface area contributed by atoms with E-state index in [1.807, 2.05) is 0 Å². The molecule has 1 amide bonds. The number of halogens is 1. The number of ketones is 1. The summed E-state index contributed by atoms with van der Waals surface area (Å²) in [5.74, 6) is -0.315. The van der Waals surface area contributed by atoms with Crippen LogP contribution in [0.1, 0.15) is 28.2 Å². The molecule has 4 rings (SSSR count). The number of hydrogen-bond acceptors (Lipinski definition) is 5. The lowest BCUT2D eigenvalue weighted by molar-refractivity contribution is -0.117. The van der Waals surface area contributed by atoms with E-state index in [-0.39, 0.29) is 29.9 Å². The van der Waals surface area contributed by atoms with Gasteiger partial charge in [-0.25, -0.2) is 5.10 Å². The van der Waals surface area contributed by atoms with Crippen LogP contribution in [0.15, 0.2) is 81.7 Å². The summed E-state index contributed by atoms with van der Waals surface area (Å²) in [4.78, 5) is 37.8. The second kappa shape index (κ2) is 9.45. The van der Waals surface area contributed by atoms with Crippen LogP contribution in [0.25, 0.3) is 16.8 Å². The van der Waals surface area contributed by atoms with Gasteiger partial charge < -0.3 is 9.73 Å². The highest BCUT2D eigenvalue weighted by Crippen LogP contribution is 2.20. The third-order valence-corrected chi connectivity index (χ3v) is 5.20. The fraction of sp³-hybridized carbons (Fsp3) is 0.0833. The van der Waals surface area contributed by atoms with Crippen LogP contribution >= 0.6 is 11.6 Å². The van der Waals surface area contributed by atoms with Crippen LogP contribution in [-0.4, -0.2) is 21.9 Å². The molecule has 32 heavy (non-hydrogen) atoms. The number of fused-ring (bicyclic) bond motifs is 1. The predicted molar refractivity (Wildman–Crippen MR) is 121 cm³/mol. The standard InChI is InChI=1S/C24H18ClN3O4/c25-20-10-4-3-9-19(20)22(29)13-15(12-16-6-5-11-32-16)23(30)26-14-21-17-7-1-2-8-18(17)24(31)28-27-21/h1-12H,13-14H2,(H,26,30)(H,28,31). The van der Waals surface area contributed by atoms with Crippen molar-refractivity contribution < 1.29 is 14.0 Å². The van der Waals surface area contributed by atoms with Gasteiger partial charge in [-0.3, -0.25) is 14.4 Å². The summed E-state index contributed by atoms with van der Waals surface area (Å²) >= 11 is 6.14. The maximum atomic E-state index is 13.0. The first kappa shape index (κ1) is 21.3. The summed E-state index contributed by atoms with van der Waals surface area (Å²) in [6.07, 6.45) is 2.83. The maximum absolute atomic E-state index is 13.0. The van der Waals surface area contributed by atoms with Gasteiger partial charge in [-0.05, 0) is 36.4 Å². The average molecular weight is 448 g/mol. The number of amides is 1. The Bertz CT molecular complexity index is 1370. The normalized spacial score (nSPS) is 11.5. The van der Waals surface area contributed by atoms with Crippen LogP contribution in [0.3, 0.4) is 0 Å². The van der Waals surface area contributed by atoms with Crippen molar-refractivity contribution in [1.82, 2.24) is 15.5 Å². The molecule has 0 aliphatic rings. The molecule has 0 saturated heterocycles. The van der Waals surface area contributed by atoms with Gasteiger partial charge in [-0.15, -0.1) is 0 Å². The Kier molecular flexibility index (Phi) is 6.28. The van der Waals surface area contributed by atoms with Gasteiger partial charge in [-0.1, -0.05) is 41.9 Å². The minimum atomic E-state index is -0.459. The molecule has 0 unspecified atom stereocenters. The predicted octanol–water partition coefficient (Wildman–Crippen LogP) is 4.14. The van der Waals surface area contributed by atoms with Crippen LogP contribution in [0.2, 0.25) is 5.02 Å². The van der Waals surface area contributed by atoms with Crippen molar-refractivity contribution in [2.45, 2.75) is 13.0 Å². The Morgan fingerprint density at radius 3 is 2.53 bits per heavy atom. The molecule has 0 fully saturated rings. The number of carbonyl (C=O) groups excluding carboxylic acids is 2. The van der Waals surface area contributed by atoms with Crippen molar-refractivity contribution in [1.29, 1.82) is 0 Å². The van der Waals surface area contributed by atoms with E-state index < -0.39 is 5.91 Å². The van der Waals surface area contributed by atoms with E-state index in [0.29, 0.717) is 32.8 Å². The van der Waals surface area contributed by atoms with Crippen LogP contribution in [-0.2, 0) is 11.3 Å². The summed E-state index contributed by atoms with van der Waals surface area (Å²) < 4.78 is 5.31. The van der Waals surface area contributed by atoms with Gasteiger partial charge in [0.1, 0.15) is 5.76 Å². The highest BCUT2D eigenvalue weighted by molar-refractivity contribution is 6.34. The molecule has 2 N–H and O–H groups in total. The molecular weight excluding hydrogens is 430 g/mol. The maximum Gasteiger partial charge on any atom is 0.272 e. The third-order valence-electron chi connectivity index (χ3n) is 4.87. The van der Waals surface area contributed by atoms with E-state index in [1.54, 1.807) is 60.7 Å². The van der Waals surface area contributed by atoms with E-state index >= 15 is 0 Å². The van der Waals surface area contributed by atoms with E-state index in [1.165, 1.54) is 12.3 Å². The van der Waals surface area contributed by atoms with Crippen molar-refractivity contribution >= 4 is 40.1 Å². The van der Waals surface area contributed by atoms with Crippen LogP contribution in [0, 0.1) is 0 Å². The highest BCUT2D eigenvalue weighted by Gasteiger charge is 2.18. The highest BCUT2D eigenvalue weighted by atomic mass is 35.5. The average Bonchev–Trinajstić information content (AvgIpc) is 3.31. The molecule has 0 radical (unpaired) electrons. The Hall–Kier alpha value is -3.97. The van der Waals surface area contributed by atoms with E-state index in [2.05, 4.69) is 15.5 Å². The Labute approximate surface area is 187 Å². The molecule has 2 aromatic heterocycles. The molecule has 0 bridgehead atoms. The van der Waals surface area contributed by atoms with Crippen LogP contribution < -0.4 is 10.9 Å². The minimum absolute atomic E-state index is 0.0614. The Morgan fingerprint density at radius 1 is 1.03 bits per heavy atom. The largest absolute Gasteiger partial charge is 0.465 e. The lowest BCUT2D eigenvalue weighted by Gasteiger charge is -2.10. The number of Topliss-reactive ketones (excluding diaryl/α,β-unsaturated/α-hetero) is 1. The first-order valence-corrected chi connectivity index (χ1v) is 10.2. The number of aromatic amines is 1. The first-order chi connectivity index (χ1) is 15.5. The minimum Gasteiger partial charge on any atom is -0.465 e. The van der Waals surface area contributed by atoms with Crippen molar-refractivity contribution in [3.63, 3.8) is 0 Å². The van der Waals surface area contributed by atoms with Gasteiger partial charge in [0, 0.05) is 22.9 Å². The van der Waals surface area contributed by atoms with Gasteiger partial charge in [0.05, 0.1) is 28.9 Å². The van der Waals surface area contributed by atoms with Gasteiger partial charge in [-0.2, -0.15) is 5.10 Å². The monoisotopic (exact) mass is 447 g/mol. The van der Waals surface area contributed by atoms with Crippen molar-refractivity contribution in [3.8, 4) is 0 Å². The zero-order chi connectivity index (χ0) is 22.5. The zero-order valence-electron chi connectivity index (χ0n) is 16.8. The summed E-state index contributed by atoms with van der Waals surface area (Å²) in [6, 6.07) is 17.0. The van der Waals surface area contributed by atoms with E-state index in [0.717, 1.165) is 0 Å². The molecule has 4 aromatic rings. The number of nitrogens with one attached hydrogen (secondary N) is 2. The summed E-state index contributed by atoms with van der Waals surface area (Å²) in [5, 5.41) is 10.7. The number of aromatic nitrogens is 2. The first-order valence-electron chi connectivity index (χ1n) is 9.79. The van der Waals surface area contributed by atoms with Crippen molar-refractivity contribution in [3.05, 3.63) is 105 Å². The summed E-state index contributed by atoms with van der Waals surface area (Å²) in [6.45, 7) is 0.0614. The van der Waals surface area contributed by atoms with Crippen molar-refractivity contribution in [2.24, 2.45) is 0 Å². The van der Waals surface area contributed by atoms with Gasteiger partial charge in [0.15, 0.2) is 5.78 Å². The third kappa shape index (κ3) is 4.68. The Balaban J connectivity index is 1.58. The number of hydrogen-bond donors (Lipinski definition) is 2. The zero-order valence-corrected chi connectivity index (χ0v) is 17.6. The fourth-order valence-corrected chi connectivity index (χ4v) is 3.52. The van der Waals surface area contributed by atoms with E-state index in [4.69, 9.17) is 16.0 Å². The number of rotatable bonds is 7. The number of nitrogens with zero attached hydrogens (tertiary/aromatic N) is 1. The molecule has 0 aliphatic carbocycles. The van der Waals surface area contributed by atoms with Crippen LogP contribution in [0.4, 0.5) is 0 Å². The van der Waals surface area contributed by atoms with E-state index in [9.17, 15) is 14.4 Å². The lowest BCUT2D eigenvalue weighted by Crippen LogP contribution is -2.27. The van der Waals surface area contributed by atoms with Crippen LogP contribution in [0.5, 0.6) is 0 Å². The second-order valence-electron chi connectivity index (χ2n) is 6.99. The molecule has 7 nitrogen and oxygen atoms in total. The van der Waals surface area contributed by atoms with Gasteiger partial charge >= 0.3 is 0 Å². The molecule has 160 valence electrons. The molecular formula is C24H18ClN3O4. The number of H-pyrrole nitrogens is 1. The molecule has 0 saturated carbocycles. The Morgan fingerprint density at radius 2 is 1.78 bits per heavy atom. The van der Waals surface area contributed by atoms with Crippen molar-refractivity contribution in [2.75, 3.05) is 0 Å². The molecule has 2 aromatic carbocycles. The SMILES string of the molecule is O=C(NCc1n[nH]c(=O)c2ccccc12)C(=Cc1ccco1)CC(=O)c1ccccc1Cl. The number of carbonyl (C=O) groups is 2. The fourth-order valence-electron chi connectivity index (χ4n) is 3.28. The molecule has 8 heteroatoms. The number of furan rings is 1. The molecule has 0 spiro atoms. The topological polar surface area (TPSA) is 105 Å². The quantitative estimate of drug-likeness (QED) is 0.327. The lowest BCUT2D eigenvalue weighted by atomic mass is 10.0. The number of benzene rings is 2. The summed E-state index contributed by atoms with van der Waals surface area (Å²) in [5.41, 5.74) is 0.738.